The molecule has 27 heavy (non-hydrogen) atoms. The van der Waals surface area contributed by atoms with Gasteiger partial charge in [0.25, 0.3) is 5.91 Å². The van der Waals surface area contributed by atoms with Crippen molar-refractivity contribution in [2.75, 3.05) is 14.2 Å². The first-order chi connectivity index (χ1) is 13.1. The van der Waals surface area contributed by atoms with Gasteiger partial charge in [0.2, 0.25) is 0 Å². The van der Waals surface area contributed by atoms with Gasteiger partial charge < -0.3 is 14.8 Å². The molecule has 0 aliphatic rings. The minimum absolute atomic E-state index is 0.279. The summed E-state index contributed by atoms with van der Waals surface area (Å²) in [6, 6.07) is 10.7. The normalized spacial score (nSPS) is 10.3. The number of methoxy groups -OCH3 is 2. The van der Waals surface area contributed by atoms with Gasteiger partial charge in [0, 0.05) is 30.7 Å². The third-order valence-electron chi connectivity index (χ3n) is 3.93. The minimum atomic E-state index is -0.279. The highest BCUT2D eigenvalue weighted by atomic mass is 35.5. The number of hydrogen-bond donors (Lipinski definition) is 1. The highest BCUT2D eigenvalue weighted by Gasteiger charge is 2.15. The fourth-order valence-electron chi connectivity index (χ4n) is 2.61. The van der Waals surface area contributed by atoms with Crippen LogP contribution in [0.2, 0.25) is 5.02 Å². The molecule has 138 valence electrons. The van der Waals surface area contributed by atoms with Gasteiger partial charge in [0.1, 0.15) is 0 Å². The van der Waals surface area contributed by atoms with E-state index >= 15 is 0 Å². The number of amides is 1. The lowest BCUT2D eigenvalue weighted by Crippen LogP contribution is -2.23. The number of benzene rings is 1. The Bertz CT molecular complexity index is 948. The molecule has 6 nitrogen and oxygen atoms in total. The summed E-state index contributed by atoms with van der Waals surface area (Å²) < 4.78 is 10.5. The van der Waals surface area contributed by atoms with Gasteiger partial charge in [0.05, 0.1) is 30.5 Å². The zero-order chi connectivity index (χ0) is 19.2. The summed E-state index contributed by atoms with van der Waals surface area (Å²) in [6.07, 6.45) is 4.83. The average Bonchev–Trinajstić information content (AvgIpc) is 2.72. The van der Waals surface area contributed by atoms with Gasteiger partial charge in [-0.1, -0.05) is 17.7 Å². The molecule has 1 aromatic carbocycles. The van der Waals surface area contributed by atoms with Crippen molar-refractivity contribution in [2.24, 2.45) is 0 Å². The van der Waals surface area contributed by atoms with Gasteiger partial charge >= 0.3 is 0 Å². The lowest BCUT2D eigenvalue weighted by atomic mass is 10.1. The van der Waals surface area contributed by atoms with Crippen LogP contribution in [0, 0.1) is 0 Å². The van der Waals surface area contributed by atoms with Gasteiger partial charge in [-0.25, -0.2) is 0 Å². The lowest BCUT2D eigenvalue weighted by molar-refractivity contribution is 0.0951. The number of carbonyl (C=O) groups is 1. The third-order valence-corrected chi connectivity index (χ3v) is 4.14. The largest absolute Gasteiger partial charge is 0.493 e. The number of hydrogen-bond acceptors (Lipinski definition) is 5. The second-order valence-corrected chi connectivity index (χ2v) is 6.10. The summed E-state index contributed by atoms with van der Waals surface area (Å²) in [5.41, 5.74) is 2.53. The molecule has 0 saturated heterocycles. The summed E-state index contributed by atoms with van der Waals surface area (Å²) in [6.45, 7) is 0.318. The highest BCUT2D eigenvalue weighted by Crippen LogP contribution is 2.28. The smallest absolute Gasteiger partial charge is 0.253 e. The lowest BCUT2D eigenvalue weighted by Gasteiger charge is -2.12. The Morgan fingerprint density at radius 1 is 1.11 bits per heavy atom. The number of pyridine rings is 2. The molecule has 2 heterocycles. The average molecular weight is 384 g/mol. The molecule has 0 unspecified atom stereocenters. The van der Waals surface area contributed by atoms with Crippen molar-refractivity contribution < 1.29 is 14.3 Å². The van der Waals surface area contributed by atoms with E-state index in [2.05, 4.69) is 15.3 Å². The molecule has 1 amide bonds. The van der Waals surface area contributed by atoms with Crippen molar-refractivity contribution in [3.63, 3.8) is 0 Å². The van der Waals surface area contributed by atoms with Crippen LogP contribution in [-0.4, -0.2) is 30.1 Å². The molecule has 7 heteroatoms. The Balaban J connectivity index is 1.82. The van der Waals surface area contributed by atoms with E-state index in [0.29, 0.717) is 34.3 Å². The molecule has 1 N–H and O–H groups in total. The number of aromatic nitrogens is 2. The van der Waals surface area contributed by atoms with Crippen LogP contribution in [0.25, 0.3) is 11.3 Å². The van der Waals surface area contributed by atoms with E-state index < -0.39 is 0 Å². The zero-order valence-electron chi connectivity index (χ0n) is 14.9. The fourth-order valence-corrected chi connectivity index (χ4v) is 2.77. The quantitative estimate of drug-likeness (QED) is 0.701. The van der Waals surface area contributed by atoms with Crippen LogP contribution in [-0.2, 0) is 6.54 Å². The number of rotatable bonds is 6. The van der Waals surface area contributed by atoms with E-state index in [1.54, 1.807) is 44.8 Å². The maximum atomic E-state index is 12.8. The highest BCUT2D eigenvalue weighted by molar-refractivity contribution is 6.31. The Morgan fingerprint density at radius 3 is 2.63 bits per heavy atom. The zero-order valence-corrected chi connectivity index (χ0v) is 15.7. The fraction of sp³-hybridized carbons (Fsp3) is 0.150. The third kappa shape index (κ3) is 4.35. The molecule has 0 fully saturated rings. The first-order valence-corrected chi connectivity index (χ1v) is 8.55. The number of halogens is 1. The molecule has 0 bridgehead atoms. The van der Waals surface area contributed by atoms with Gasteiger partial charge in [0.15, 0.2) is 11.5 Å². The molecule has 0 aliphatic heterocycles. The molecule has 0 spiro atoms. The van der Waals surface area contributed by atoms with Crippen molar-refractivity contribution in [1.29, 1.82) is 0 Å². The SMILES string of the molecule is COc1ccc(CNC(=O)c2cc(Cl)cnc2-c2cccnc2)cc1OC. The van der Waals surface area contributed by atoms with Crippen LogP contribution in [0.15, 0.2) is 55.0 Å². The topological polar surface area (TPSA) is 73.3 Å². The Kier molecular flexibility index (Phi) is 5.88. The van der Waals surface area contributed by atoms with E-state index in [9.17, 15) is 4.79 Å². The standard InChI is InChI=1S/C20H18ClN3O3/c1-26-17-6-5-13(8-18(17)27-2)10-24-20(25)16-9-15(21)12-23-19(16)14-4-3-7-22-11-14/h3-9,11-12H,10H2,1-2H3,(H,24,25). The summed E-state index contributed by atoms with van der Waals surface area (Å²) in [7, 11) is 3.14. The van der Waals surface area contributed by atoms with Crippen LogP contribution in [0.3, 0.4) is 0 Å². The van der Waals surface area contributed by atoms with Gasteiger partial charge in [-0.05, 0) is 35.9 Å². The molecule has 3 aromatic rings. The second-order valence-electron chi connectivity index (χ2n) is 5.66. The summed E-state index contributed by atoms with van der Waals surface area (Å²) in [5, 5.41) is 3.27. The monoisotopic (exact) mass is 383 g/mol. The predicted molar refractivity (Wildman–Crippen MR) is 103 cm³/mol. The number of ether oxygens (including phenoxy) is 2. The first kappa shape index (κ1) is 18.7. The maximum absolute atomic E-state index is 12.8. The molecular formula is C20H18ClN3O3. The molecule has 0 radical (unpaired) electrons. The second kappa shape index (κ2) is 8.51. The van der Waals surface area contributed by atoms with Crippen LogP contribution < -0.4 is 14.8 Å². The molecule has 0 atom stereocenters. The van der Waals surface area contributed by atoms with Crippen molar-refractivity contribution >= 4 is 17.5 Å². The van der Waals surface area contributed by atoms with Gasteiger partial charge in [-0.2, -0.15) is 0 Å². The van der Waals surface area contributed by atoms with Gasteiger partial charge in [-0.3, -0.25) is 14.8 Å². The van der Waals surface area contributed by atoms with E-state index in [-0.39, 0.29) is 5.91 Å². The summed E-state index contributed by atoms with van der Waals surface area (Å²) >= 11 is 6.05. The molecule has 0 saturated carbocycles. The Morgan fingerprint density at radius 2 is 1.93 bits per heavy atom. The van der Waals surface area contributed by atoms with Crippen molar-refractivity contribution in [2.45, 2.75) is 6.54 Å². The van der Waals surface area contributed by atoms with E-state index in [4.69, 9.17) is 21.1 Å². The van der Waals surface area contributed by atoms with Crippen molar-refractivity contribution in [3.8, 4) is 22.8 Å². The summed E-state index contributed by atoms with van der Waals surface area (Å²) in [4.78, 5) is 21.1. The Labute approximate surface area is 162 Å². The first-order valence-electron chi connectivity index (χ1n) is 8.17. The number of nitrogens with zero attached hydrogens (tertiary/aromatic N) is 2. The van der Waals surface area contributed by atoms with E-state index in [1.165, 1.54) is 6.20 Å². The Hall–Kier alpha value is -3.12. The maximum Gasteiger partial charge on any atom is 0.253 e. The number of nitrogens with one attached hydrogen (secondary N) is 1. The van der Waals surface area contributed by atoms with E-state index in [0.717, 1.165) is 11.1 Å². The minimum Gasteiger partial charge on any atom is -0.493 e. The van der Waals surface area contributed by atoms with Crippen molar-refractivity contribution in [3.05, 3.63) is 71.1 Å². The van der Waals surface area contributed by atoms with Crippen LogP contribution in [0.4, 0.5) is 0 Å². The summed E-state index contributed by atoms with van der Waals surface area (Å²) in [5.74, 6) is 0.953. The molecule has 2 aromatic heterocycles. The van der Waals surface area contributed by atoms with Crippen LogP contribution >= 0.6 is 11.6 Å². The molecule has 0 aliphatic carbocycles. The molecule has 3 rings (SSSR count). The van der Waals surface area contributed by atoms with Crippen LogP contribution in [0.5, 0.6) is 11.5 Å². The van der Waals surface area contributed by atoms with E-state index in [1.807, 2.05) is 18.2 Å². The number of carbonyl (C=O) groups excluding carboxylic acids is 1. The van der Waals surface area contributed by atoms with Crippen LogP contribution in [0.1, 0.15) is 15.9 Å². The molecular weight excluding hydrogens is 366 g/mol. The van der Waals surface area contributed by atoms with Crippen molar-refractivity contribution in [1.82, 2.24) is 15.3 Å². The van der Waals surface area contributed by atoms with Gasteiger partial charge in [-0.15, -0.1) is 0 Å². The predicted octanol–water partition coefficient (Wildman–Crippen LogP) is 3.74.